The smallest absolute Gasteiger partial charge is 0.242 e. The van der Waals surface area contributed by atoms with E-state index in [1.807, 2.05) is 34.9 Å². The predicted molar refractivity (Wildman–Crippen MR) is 162 cm³/mol. The van der Waals surface area contributed by atoms with Gasteiger partial charge in [-0.2, -0.15) is 0 Å². The number of thiophene rings is 1. The van der Waals surface area contributed by atoms with Crippen molar-refractivity contribution in [1.82, 2.24) is 9.80 Å². The summed E-state index contributed by atoms with van der Waals surface area (Å²) in [6.45, 7) is 9.66. The van der Waals surface area contributed by atoms with Crippen molar-refractivity contribution in [1.29, 1.82) is 0 Å². The molecule has 218 valence electrons. The lowest BCUT2D eigenvalue weighted by atomic mass is 10.1. The summed E-state index contributed by atoms with van der Waals surface area (Å²) in [7, 11) is 3.25. The first kappa shape index (κ1) is 32.7. The molecule has 0 spiro atoms. The molecule has 2 rings (SSSR count). The molecule has 7 heteroatoms. The van der Waals surface area contributed by atoms with Gasteiger partial charge in [0.15, 0.2) is 11.5 Å². The Balaban J connectivity index is 2.07. The van der Waals surface area contributed by atoms with Crippen molar-refractivity contribution in [2.45, 2.75) is 104 Å². The fraction of sp³-hybridized carbons (Fsp3) is 0.625. The summed E-state index contributed by atoms with van der Waals surface area (Å²) in [5.74, 6) is 1.46. The molecule has 0 unspecified atom stereocenters. The molecule has 2 amide bonds. The number of benzene rings is 1. The Kier molecular flexibility index (Phi) is 15.0. The first-order valence-corrected chi connectivity index (χ1v) is 15.5. The Labute approximate surface area is 240 Å². The second-order valence-electron chi connectivity index (χ2n) is 10.4. The number of hydrogen-bond acceptors (Lipinski definition) is 5. The first-order valence-electron chi connectivity index (χ1n) is 14.7. The molecule has 0 aliphatic carbocycles. The predicted octanol–water partition coefficient (Wildman–Crippen LogP) is 7.41. The van der Waals surface area contributed by atoms with Crippen molar-refractivity contribution < 1.29 is 19.1 Å². The number of amides is 2. The van der Waals surface area contributed by atoms with Gasteiger partial charge < -0.3 is 19.3 Å². The lowest BCUT2D eigenvalue weighted by Gasteiger charge is -2.31. The van der Waals surface area contributed by atoms with Crippen LogP contribution >= 0.6 is 11.3 Å². The van der Waals surface area contributed by atoms with Crippen LogP contribution in [0, 0.1) is 6.92 Å². The number of aryl methyl sites for hydroxylation is 1. The van der Waals surface area contributed by atoms with E-state index in [2.05, 4.69) is 32.9 Å². The van der Waals surface area contributed by atoms with Gasteiger partial charge in [0.2, 0.25) is 11.8 Å². The van der Waals surface area contributed by atoms with Crippen molar-refractivity contribution in [2.24, 2.45) is 0 Å². The summed E-state index contributed by atoms with van der Waals surface area (Å²) in [4.78, 5) is 33.0. The summed E-state index contributed by atoms with van der Waals surface area (Å²) in [5, 5.41) is 0. The van der Waals surface area contributed by atoms with E-state index in [0.717, 1.165) is 29.7 Å². The fourth-order valence-electron chi connectivity index (χ4n) is 4.68. The van der Waals surface area contributed by atoms with Gasteiger partial charge in [-0.1, -0.05) is 58.4 Å². The Morgan fingerprint density at radius 3 is 2.21 bits per heavy atom. The van der Waals surface area contributed by atoms with E-state index in [4.69, 9.17) is 9.47 Å². The molecule has 6 nitrogen and oxygen atoms in total. The number of hydrogen-bond donors (Lipinski definition) is 0. The summed E-state index contributed by atoms with van der Waals surface area (Å²) >= 11 is 1.71. The van der Waals surface area contributed by atoms with Gasteiger partial charge in [0.1, 0.15) is 0 Å². The van der Waals surface area contributed by atoms with Crippen molar-refractivity contribution in [3.8, 4) is 11.5 Å². The van der Waals surface area contributed by atoms with Crippen molar-refractivity contribution >= 4 is 23.2 Å². The molecule has 39 heavy (non-hydrogen) atoms. The molecular formula is C32H50N2O4S. The highest BCUT2D eigenvalue weighted by Crippen LogP contribution is 2.28. The molecule has 1 heterocycles. The minimum atomic E-state index is -0.00487. The van der Waals surface area contributed by atoms with Gasteiger partial charge in [0.05, 0.1) is 27.3 Å². The Bertz CT molecular complexity index is 1010. The van der Waals surface area contributed by atoms with Crippen LogP contribution in [-0.2, 0) is 22.6 Å². The van der Waals surface area contributed by atoms with Gasteiger partial charge in [0.25, 0.3) is 0 Å². The standard InChI is InChI=1S/C32H50N2O4S/c1-7-9-10-11-12-13-14-15-31(35)34(25(3)8-2)24-32(36)33(23-28-18-16-26(4)39-28)21-20-27-17-19-29(37-5)30(22-27)38-6/h16-19,22,25H,7-15,20-21,23-24H2,1-6H3/t25-/m1/s1. The van der Waals surface area contributed by atoms with Crippen molar-refractivity contribution in [2.75, 3.05) is 27.3 Å². The Morgan fingerprint density at radius 1 is 0.897 bits per heavy atom. The van der Waals surface area contributed by atoms with Crippen LogP contribution in [0.5, 0.6) is 11.5 Å². The molecule has 0 bridgehead atoms. The van der Waals surface area contributed by atoms with Crippen molar-refractivity contribution in [3.63, 3.8) is 0 Å². The van der Waals surface area contributed by atoms with Crippen LogP contribution in [0.1, 0.15) is 93.9 Å². The minimum absolute atomic E-state index is 0.00487. The van der Waals surface area contributed by atoms with E-state index in [-0.39, 0.29) is 24.4 Å². The molecule has 0 aliphatic heterocycles. The zero-order chi connectivity index (χ0) is 28.6. The molecule has 0 radical (unpaired) electrons. The first-order chi connectivity index (χ1) is 18.8. The zero-order valence-corrected chi connectivity index (χ0v) is 25.9. The molecule has 0 saturated heterocycles. The van der Waals surface area contributed by atoms with E-state index >= 15 is 0 Å². The number of unbranched alkanes of at least 4 members (excludes halogenated alkanes) is 6. The molecule has 2 aromatic rings. The fourth-order valence-corrected chi connectivity index (χ4v) is 5.59. The third kappa shape index (κ3) is 11.2. The highest BCUT2D eigenvalue weighted by Gasteiger charge is 2.25. The third-order valence-corrected chi connectivity index (χ3v) is 8.34. The average Bonchev–Trinajstić information content (AvgIpc) is 3.36. The van der Waals surface area contributed by atoms with E-state index in [0.29, 0.717) is 37.4 Å². The number of carbonyl (C=O) groups excluding carboxylic acids is 2. The molecule has 0 N–H and O–H groups in total. The minimum Gasteiger partial charge on any atom is -0.493 e. The number of methoxy groups -OCH3 is 2. The van der Waals surface area contributed by atoms with E-state index < -0.39 is 0 Å². The highest BCUT2D eigenvalue weighted by molar-refractivity contribution is 7.11. The van der Waals surface area contributed by atoms with Crippen LogP contribution in [-0.4, -0.2) is 55.0 Å². The molecule has 1 aromatic heterocycles. The van der Waals surface area contributed by atoms with Crippen LogP contribution in [0.2, 0.25) is 0 Å². The van der Waals surface area contributed by atoms with Gasteiger partial charge in [-0.3, -0.25) is 9.59 Å². The van der Waals surface area contributed by atoms with Crippen LogP contribution < -0.4 is 9.47 Å². The monoisotopic (exact) mass is 558 g/mol. The summed E-state index contributed by atoms with van der Waals surface area (Å²) in [5.41, 5.74) is 1.07. The van der Waals surface area contributed by atoms with E-state index in [9.17, 15) is 9.59 Å². The molecular weight excluding hydrogens is 508 g/mol. The van der Waals surface area contributed by atoms with Gasteiger partial charge in [-0.25, -0.2) is 0 Å². The Hall–Kier alpha value is -2.54. The zero-order valence-electron chi connectivity index (χ0n) is 25.1. The molecule has 0 aliphatic rings. The quantitative estimate of drug-likeness (QED) is 0.168. The van der Waals surface area contributed by atoms with Crippen LogP contribution in [0.4, 0.5) is 0 Å². The third-order valence-electron chi connectivity index (χ3n) is 7.36. The molecule has 1 aromatic carbocycles. The number of rotatable bonds is 19. The molecule has 0 fully saturated rings. The second-order valence-corrected chi connectivity index (χ2v) is 11.8. The number of ether oxygens (including phenoxy) is 2. The SMILES string of the molecule is CCCCCCCCCC(=O)N(CC(=O)N(CCc1ccc(OC)c(OC)c1)Cc1ccc(C)s1)[C@H](C)CC. The number of nitrogens with zero attached hydrogens (tertiary/aromatic N) is 2. The number of carbonyl (C=O) groups is 2. The maximum atomic E-state index is 13.7. The summed E-state index contributed by atoms with van der Waals surface area (Å²) < 4.78 is 10.8. The highest BCUT2D eigenvalue weighted by atomic mass is 32.1. The average molecular weight is 559 g/mol. The maximum absolute atomic E-state index is 13.7. The van der Waals surface area contributed by atoms with Crippen molar-refractivity contribution in [3.05, 3.63) is 45.6 Å². The largest absolute Gasteiger partial charge is 0.493 e. The molecule has 1 atom stereocenters. The van der Waals surface area contributed by atoms with Crippen LogP contribution in [0.3, 0.4) is 0 Å². The Morgan fingerprint density at radius 2 is 1.59 bits per heavy atom. The summed E-state index contributed by atoms with van der Waals surface area (Å²) in [6.07, 6.45) is 10.2. The van der Waals surface area contributed by atoms with Gasteiger partial charge in [-0.15, -0.1) is 11.3 Å². The topological polar surface area (TPSA) is 59.1 Å². The molecule has 0 saturated carbocycles. The van der Waals surface area contributed by atoms with E-state index in [1.54, 1.807) is 25.6 Å². The van der Waals surface area contributed by atoms with E-state index in [1.165, 1.54) is 37.0 Å². The second kappa shape index (κ2) is 17.9. The maximum Gasteiger partial charge on any atom is 0.242 e. The van der Waals surface area contributed by atoms with Crippen LogP contribution in [0.15, 0.2) is 30.3 Å². The van der Waals surface area contributed by atoms with Gasteiger partial charge in [0, 0.05) is 28.8 Å². The van der Waals surface area contributed by atoms with Crippen LogP contribution in [0.25, 0.3) is 0 Å². The lowest BCUT2D eigenvalue weighted by molar-refractivity contribution is -0.142. The normalized spacial score (nSPS) is 11.7. The lowest BCUT2D eigenvalue weighted by Crippen LogP contribution is -2.46. The van der Waals surface area contributed by atoms with Gasteiger partial charge in [-0.05, 0) is 62.9 Å². The van der Waals surface area contributed by atoms with Gasteiger partial charge >= 0.3 is 0 Å². The summed E-state index contributed by atoms with van der Waals surface area (Å²) in [6, 6.07) is 10.1.